The summed E-state index contributed by atoms with van der Waals surface area (Å²) < 4.78 is 5.38. The molecule has 0 spiro atoms. The van der Waals surface area contributed by atoms with Crippen molar-refractivity contribution in [2.24, 2.45) is 0 Å². The second-order valence-electron chi connectivity index (χ2n) is 6.04. The number of ketones is 1. The number of methoxy groups -OCH3 is 1. The van der Waals surface area contributed by atoms with Gasteiger partial charge in [0.25, 0.3) is 0 Å². The molecule has 2 heterocycles. The second kappa shape index (κ2) is 6.06. The summed E-state index contributed by atoms with van der Waals surface area (Å²) in [6.45, 7) is 6.13. The summed E-state index contributed by atoms with van der Waals surface area (Å²) in [5.74, 6) is 0.761. The highest BCUT2D eigenvalue weighted by molar-refractivity contribution is 6.02. The molecule has 1 unspecified atom stereocenters. The molecule has 3 rings (SSSR count). The van der Waals surface area contributed by atoms with Gasteiger partial charge < -0.3 is 9.64 Å². The average molecular weight is 288 g/mol. The maximum Gasteiger partial charge on any atom is 0.165 e. The summed E-state index contributed by atoms with van der Waals surface area (Å²) in [7, 11) is 1.63. The van der Waals surface area contributed by atoms with Gasteiger partial charge in [0.15, 0.2) is 5.78 Å². The van der Waals surface area contributed by atoms with Crippen LogP contribution in [-0.4, -0.2) is 50.0 Å². The zero-order valence-corrected chi connectivity index (χ0v) is 13.0. The molecule has 0 radical (unpaired) electrons. The van der Waals surface area contributed by atoms with Crippen LogP contribution in [0.3, 0.4) is 0 Å². The summed E-state index contributed by atoms with van der Waals surface area (Å²) in [4.78, 5) is 17.0. The molecule has 2 aliphatic heterocycles. The predicted molar refractivity (Wildman–Crippen MR) is 84.4 cm³/mol. The van der Waals surface area contributed by atoms with E-state index in [9.17, 15) is 4.79 Å². The third-order valence-corrected chi connectivity index (χ3v) is 4.74. The number of likely N-dealkylation sites (tertiary alicyclic amines) is 1. The number of ether oxygens (including phenoxy) is 1. The van der Waals surface area contributed by atoms with Crippen molar-refractivity contribution in [1.29, 1.82) is 0 Å². The standard InChI is InChI=1S/C17H24N2O2/c1-13(20)17-15(6-5-7-16(17)21-2)19-11-8-14(12-19)18-9-3-4-10-18/h5-7,14H,3-4,8-12H2,1-2H3. The molecule has 0 N–H and O–H groups in total. The molecule has 2 fully saturated rings. The van der Waals surface area contributed by atoms with Crippen molar-refractivity contribution < 1.29 is 9.53 Å². The van der Waals surface area contributed by atoms with Crippen LogP contribution >= 0.6 is 0 Å². The van der Waals surface area contributed by atoms with E-state index >= 15 is 0 Å². The van der Waals surface area contributed by atoms with E-state index < -0.39 is 0 Å². The number of hydrogen-bond acceptors (Lipinski definition) is 4. The van der Waals surface area contributed by atoms with Crippen LogP contribution < -0.4 is 9.64 Å². The summed E-state index contributed by atoms with van der Waals surface area (Å²) >= 11 is 0. The van der Waals surface area contributed by atoms with Crippen LogP contribution in [0.1, 0.15) is 36.5 Å². The lowest BCUT2D eigenvalue weighted by molar-refractivity contribution is 0.101. The van der Waals surface area contributed by atoms with E-state index in [0.717, 1.165) is 24.3 Å². The van der Waals surface area contributed by atoms with E-state index in [1.807, 2.05) is 18.2 Å². The summed E-state index contributed by atoms with van der Waals surface area (Å²) in [5, 5.41) is 0. The first-order chi connectivity index (χ1) is 10.2. The van der Waals surface area contributed by atoms with Gasteiger partial charge in [0, 0.05) is 19.1 Å². The van der Waals surface area contributed by atoms with Crippen molar-refractivity contribution in [1.82, 2.24) is 4.90 Å². The van der Waals surface area contributed by atoms with Gasteiger partial charge in [0.1, 0.15) is 5.75 Å². The molecule has 114 valence electrons. The van der Waals surface area contributed by atoms with Crippen molar-refractivity contribution in [3.8, 4) is 5.75 Å². The van der Waals surface area contributed by atoms with Crippen molar-refractivity contribution >= 4 is 11.5 Å². The van der Waals surface area contributed by atoms with Crippen LogP contribution in [0.25, 0.3) is 0 Å². The Morgan fingerprint density at radius 2 is 2.00 bits per heavy atom. The van der Waals surface area contributed by atoms with Crippen molar-refractivity contribution in [2.75, 3.05) is 38.2 Å². The van der Waals surface area contributed by atoms with Gasteiger partial charge in [-0.05, 0) is 51.4 Å². The molecule has 2 saturated heterocycles. The molecule has 1 aromatic carbocycles. The number of carbonyl (C=O) groups is 1. The Hall–Kier alpha value is -1.55. The number of hydrogen-bond donors (Lipinski definition) is 0. The minimum Gasteiger partial charge on any atom is -0.496 e. The maximum absolute atomic E-state index is 12.0. The lowest BCUT2D eigenvalue weighted by atomic mass is 10.1. The topological polar surface area (TPSA) is 32.8 Å². The molecule has 0 aromatic heterocycles. The van der Waals surface area contributed by atoms with Crippen LogP contribution in [0.2, 0.25) is 0 Å². The molecular formula is C17H24N2O2. The molecular weight excluding hydrogens is 264 g/mol. The van der Waals surface area contributed by atoms with Gasteiger partial charge in [-0.2, -0.15) is 0 Å². The summed E-state index contributed by atoms with van der Waals surface area (Å²) in [5.41, 5.74) is 1.76. The molecule has 21 heavy (non-hydrogen) atoms. The van der Waals surface area contributed by atoms with Gasteiger partial charge in [-0.25, -0.2) is 0 Å². The summed E-state index contributed by atoms with van der Waals surface area (Å²) in [6, 6.07) is 6.53. The molecule has 0 saturated carbocycles. The number of carbonyl (C=O) groups excluding carboxylic acids is 1. The Kier molecular flexibility index (Phi) is 4.15. The number of nitrogens with zero attached hydrogens (tertiary/aromatic N) is 2. The first-order valence-corrected chi connectivity index (χ1v) is 7.87. The SMILES string of the molecule is COc1cccc(N2CCC(N3CCCC3)C2)c1C(C)=O. The van der Waals surface area contributed by atoms with Gasteiger partial charge in [-0.3, -0.25) is 9.69 Å². The Labute approximate surface area is 126 Å². The van der Waals surface area contributed by atoms with Crippen LogP contribution in [0.4, 0.5) is 5.69 Å². The fraction of sp³-hybridized carbons (Fsp3) is 0.588. The van der Waals surface area contributed by atoms with E-state index in [1.54, 1.807) is 14.0 Å². The first kappa shape index (κ1) is 14.4. The molecule has 0 aliphatic carbocycles. The molecule has 1 aromatic rings. The number of anilines is 1. The number of Topliss-reactive ketones (excluding diaryl/α,β-unsaturated/α-hetero) is 1. The zero-order valence-electron chi connectivity index (χ0n) is 13.0. The third kappa shape index (κ3) is 2.77. The van der Waals surface area contributed by atoms with Crippen LogP contribution in [0.5, 0.6) is 5.75 Å². The minimum atomic E-state index is 0.0760. The van der Waals surface area contributed by atoms with Gasteiger partial charge in [-0.15, -0.1) is 0 Å². The Morgan fingerprint density at radius 3 is 2.67 bits per heavy atom. The fourth-order valence-corrected chi connectivity index (χ4v) is 3.67. The largest absolute Gasteiger partial charge is 0.496 e. The van der Waals surface area contributed by atoms with E-state index in [1.165, 1.54) is 32.4 Å². The predicted octanol–water partition coefficient (Wildman–Crippen LogP) is 2.57. The molecule has 4 nitrogen and oxygen atoms in total. The average Bonchev–Trinajstić information content (AvgIpc) is 3.16. The van der Waals surface area contributed by atoms with Gasteiger partial charge in [-0.1, -0.05) is 6.07 Å². The van der Waals surface area contributed by atoms with Crippen LogP contribution in [0.15, 0.2) is 18.2 Å². The first-order valence-electron chi connectivity index (χ1n) is 7.87. The Morgan fingerprint density at radius 1 is 1.24 bits per heavy atom. The van der Waals surface area contributed by atoms with E-state index in [4.69, 9.17) is 4.74 Å². The normalized spacial score (nSPS) is 22.8. The van der Waals surface area contributed by atoms with Crippen LogP contribution in [0, 0.1) is 0 Å². The highest BCUT2D eigenvalue weighted by atomic mass is 16.5. The fourth-order valence-electron chi connectivity index (χ4n) is 3.67. The molecule has 2 aliphatic rings. The van der Waals surface area contributed by atoms with Gasteiger partial charge in [0.2, 0.25) is 0 Å². The van der Waals surface area contributed by atoms with Crippen molar-refractivity contribution in [3.63, 3.8) is 0 Å². The lowest BCUT2D eigenvalue weighted by Gasteiger charge is -2.26. The number of benzene rings is 1. The smallest absolute Gasteiger partial charge is 0.165 e. The molecule has 0 bridgehead atoms. The molecule has 1 atom stereocenters. The highest BCUT2D eigenvalue weighted by Gasteiger charge is 2.31. The second-order valence-corrected chi connectivity index (χ2v) is 6.04. The number of rotatable bonds is 4. The third-order valence-electron chi connectivity index (χ3n) is 4.74. The van der Waals surface area contributed by atoms with Crippen molar-refractivity contribution in [3.05, 3.63) is 23.8 Å². The Balaban J connectivity index is 1.82. The quantitative estimate of drug-likeness (QED) is 0.797. The highest BCUT2D eigenvalue weighted by Crippen LogP contribution is 2.33. The van der Waals surface area contributed by atoms with E-state index in [0.29, 0.717) is 11.8 Å². The zero-order chi connectivity index (χ0) is 14.8. The van der Waals surface area contributed by atoms with Gasteiger partial charge >= 0.3 is 0 Å². The monoisotopic (exact) mass is 288 g/mol. The van der Waals surface area contributed by atoms with Gasteiger partial charge in [0.05, 0.1) is 18.4 Å². The summed E-state index contributed by atoms with van der Waals surface area (Å²) in [6.07, 6.45) is 3.84. The van der Waals surface area contributed by atoms with E-state index in [-0.39, 0.29) is 5.78 Å². The lowest BCUT2D eigenvalue weighted by Crippen LogP contribution is -2.35. The van der Waals surface area contributed by atoms with Crippen molar-refractivity contribution in [2.45, 2.75) is 32.2 Å². The molecule has 0 amide bonds. The maximum atomic E-state index is 12.0. The minimum absolute atomic E-state index is 0.0760. The Bertz CT molecular complexity index is 524. The van der Waals surface area contributed by atoms with E-state index in [2.05, 4.69) is 9.80 Å². The molecule has 4 heteroatoms. The van der Waals surface area contributed by atoms with Crippen LogP contribution in [-0.2, 0) is 0 Å².